The van der Waals surface area contributed by atoms with E-state index >= 15 is 0 Å². The zero-order valence-electron chi connectivity index (χ0n) is 8.55. The number of nitrogens with zero attached hydrogens (tertiary/aromatic N) is 1. The fourth-order valence-electron chi connectivity index (χ4n) is 1.48. The average molecular weight is 266 g/mol. The van der Waals surface area contributed by atoms with Gasteiger partial charge in [-0.15, -0.1) is 0 Å². The first kappa shape index (κ1) is 11.9. The summed E-state index contributed by atoms with van der Waals surface area (Å²) >= 11 is 11.8. The van der Waals surface area contributed by atoms with Crippen LogP contribution in [0.4, 0.5) is 4.39 Å². The molecule has 0 aliphatic carbocycles. The second-order valence-electron chi connectivity index (χ2n) is 3.44. The monoisotopic (exact) mass is 265 g/mol. The van der Waals surface area contributed by atoms with Crippen LogP contribution in [0.3, 0.4) is 0 Å². The minimum atomic E-state index is -0.472. The largest absolute Gasteiger partial charge is 0.205 e. The molecule has 0 saturated carbocycles. The highest BCUT2D eigenvalue weighted by molar-refractivity contribution is 6.34. The summed E-state index contributed by atoms with van der Waals surface area (Å²) in [4.78, 5) is 0. The van der Waals surface area contributed by atoms with Crippen LogP contribution in [-0.4, -0.2) is 0 Å². The van der Waals surface area contributed by atoms with Gasteiger partial charge in [-0.1, -0.05) is 35.3 Å². The van der Waals surface area contributed by atoms with E-state index in [-0.39, 0.29) is 5.02 Å². The minimum absolute atomic E-state index is 0.0444. The summed E-state index contributed by atoms with van der Waals surface area (Å²) in [6.07, 6.45) is 0. The second kappa shape index (κ2) is 4.75. The molecule has 4 heteroatoms. The van der Waals surface area contributed by atoms with Crippen LogP contribution in [0.15, 0.2) is 36.4 Å². The van der Waals surface area contributed by atoms with E-state index in [1.54, 1.807) is 24.3 Å². The summed E-state index contributed by atoms with van der Waals surface area (Å²) in [5, 5.41) is 9.21. The molecule has 0 unspecified atom stereocenters. The molecule has 0 N–H and O–H groups in total. The highest BCUT2D eigenvalue weighted by Gasteiger charge is 2.07. The summed E-state index contributed by atoms with van der Waals surface area (Å²) in [6.45, 7) is 0. The van der Waals surface area contributed by atoms with E-state index in [4.69, 9.17) is 28.5 Å². The number of hydrogen-bond donors (Lipinski definition) is 0. The van der Waals surface area contributed by atoms with Gasteiger partial charge in [-0.25, -0.2) is 4.39 Å². The highest BCUT2D eigenvalue weighted by atomic mass is 35.5. The third-order valence-corrected chi connectivity index (χ3v) is 2.93. The summed E-state index contributed by atoms with van der Waals surface area (Å²) in [5.41, 5.74) is 1.91. The van der Waals surface area contributed by atoms with Gasteiger partial charge < -0.3 is 0 Å². The van der Waals surface area contributed by atoms with Gasteiger partial charge in [-0.3, -0.25) is 0 Å². The normalized spacial score (nSPS) is 10.0. The van der Waals surface area contributed by atoms with Gasteiger partial charge in [-0.2, -0.15) is 5.26 Å². The van der Waals surface area contributed by atoms with Crippen LogP contribution in [0.25, 0.3) is 11.1 Å². The molecule has 0 heterocycles. The van der Waals surface area contributed by atoms with Crippen LogP contribution in [0.1, 0.15) is 5.56 Å². The molecule has 17 heavy (non-hydrogen) atoms. The van der Waals surface area contributed by atoms with Crippen LogP contribution < -0.4 is 0 Å². The van der Waals surface area contributed by atoms with Crippen molar-refractivity contribution in [1.29, 1.82) is 5.26 Å². The summed E-state index contributed by atoms with van der Waals surface area (Å²) in [6, 6.07) is 11.3. The third kappa shape index (κ3) is 2.41. The van der Waals surface area contributed by atoms with E-state index in [1.165, 1.54) is 12.1 Å². The van der Waals surface area contributed by atoms with Gasteiger partial charge in [-0.05, 0) is 29.8 Å². The van der Waals surface area contributed by atoms with E-state index in [0.29, 0.717) is 21.7 Å². The Balaban J connectivity index is 2.54. The second-order valence-corrected chi connectivity index (χ2v) is 4.25. The zero-order chi connectivity index (χ0) is 12.4. The fraction of sp³-hybridized carbons (Fsp3) is 0. The molecule has 2 rings (SSSR count). The first-order valence-corrected chi connectivity index (χ1v) is 5.52. The Kier molecular flexibility index (Phi) is 3.33. The number of nitriles is 1. The van der Waals surface area contributed by atoms with E-state index in [1.807, 2.05) is 6.07 Å². The molecule has 2 aromatic rings. The van der Waals surface area contributed by atoms with Crippen LogP contribution in [0.5, 0.6) is 0 Å². The van der Waals surface area contributed by atoms with Gasteiger partial charge in [0.15, 0.2) is 0 Å². The van der Waals surface area contributed by atoms with Gasteiger partial charge in [0.25, 0.3) is 0 Å². The molecule has 0 radical (unpaired) electrons. The first-order chi connectivity index (χ1) is 8.11. The third-order valence-electron chi connectivity index (χ3n) is 2.33. The van der Waals surface area contributed by atoms with Crippen molar-refractivity contribution in [2.24, 2.45) is 0 Å². The van der Waals surface area contributed by atoms with E-state index in [0.717, 1.165) is 0 Å². The van der Waals surface area contributed by atoms with E-state index in [2.05, 4.69) is 0 Å². The maximum absolute atomic E-state index is 13.0. The van der Waals surface area contributed by atoms with Crippen LogP contribution >= 0.6 is 23.2 Å². The Morgan fingerprint density at radius 3 is 2.35 bits per heavy atom. The lowest BCUT2D eigenvalue weighted by molar-refractivity contribution is 0.628. The Morgan fingerprint density at radius 2 is 1.76 bits per heavy atom. The molecule has 2 aromatic carbocycles. The molecular formula is C13H6Cl2FN. The molecule has 0 aliphatic rings. The number of halogens is 3. The maximum Gasteiger partial charge on any atom is 0.141 e. The molecular weight excluding hydrogens is 260 g/mol. The Bertz CT molecular complexity index is 617. The Labute approximate surface area is 108 Å². The van der Waals surface area contributed by atoms with Crippen molar-refractivity contribution in [3.63, 3.8) is 0 Å². The minimum Gasteiger partial charge on any atom is -0.205 e. The molecule has 0 aromatic heterocycles. The van der Waals surface area contributed by atoms with Gasteiger partial charge >= 0.3 is 0 Å². The predicted octanol–water partition coefficient (Wildman–Crippen LogP) is 4.67. The lowest BCUT2D eigenvalue weighted by Crippen LogP contribution is -1.84. The Morgan fingerprint density at radius 1 is 1.00 bits per heavy atom. The smallest absolute Gasteiger partial charge is 0.141 e. The lowest BCUT2D eigenvalue weighted by atomic mass is 10.0. The summed E-state index contributed by atoms with van der Waals surface area (Å²) in [5.74, 6) is -0.472. The molecule has 0 spiro atoms. The van der Waals surface area contributed by atoms with Crippen LogP contribution in [-0.2, 0) is 0 Å². The van der Waals surface area contributed by atoms with Gasteiger partial charge in [0.1, 0.15) is 5.82 Å². The topological polar surface area (TPSA) is 23.8 Å². The van der Waals surface area contributed by atoms with Crippen LogP contribution in [0.2, 0.25) is 10.0 Å². The number of rotatable bonds is 1. The van der Waals surface area contributed by atoms with Crippen molar-refractivity contribution >= 4 is 23.2 Å². The molecule has 84 valence electrons. The SMILES string of the molecule is N#Cc1ccc(-c2ccc(F)c(Cl)c2)c(Cl)c1. The quantitative estimate of drug-likeness (QED) is 0.735. The lowest BCUT2D eigenvalue weighted by Gasteiger charge is -2.05. The van der Waals surface area contributed by atoms with Crippen molar-refractivity contribution in [2.45, 2.75) is 0 Å². The molecule has 0 amide bonds. The first-order valence-electron chi connectivity index (χ1n) is 4.77. The molecule has 0 aliphatic heterocycles. The summed E-state index contributed by atoms with van der Waals surface area (Å²) in [7, 11) is 0. The van der Waals surface area contributed by atoms with Crippen molar-refractivity contribution in [1.82, 2.24) is 0 Å². The Hall–Kier alpha value is -1.56. The van der Waals surface area contributed by atoms with Crippen molar-refractivity contribution in [3.8, 4) is 17.2 Å². The standard InChI is InChI=1S/C13H6Cl2FN/c14-11-5-8(7-17)1-3-10(11)9-2-4-13(16)12(15)6-9/h1-6H. The highest BCUT2D eigenvalue weighted by Crippen LogP contribution is 2.31. The van der Waals surface area contributed by atoms with Gasteiger partial charge in [0.05, 0.1) is 16.7 Å². The molecule has 0 bridgehead atoms. The van der Waals surface area contributed by atoms with E-state index < -0.39 is 5.82 Å². The number of hydrogen-bond acceptors (Lipinski definition) is 1. The maximum atomic E-state index is 13.0. The molecule has 0 fully saturated rings. The van der Waals surface area contributed by atoms with Crippen molar-refractivity contribution in [2.75, 3.05) is 0 Å². The van der Waals surface area contributed by atoms with Crippen LogP contribution in [0, 0.1) is 17.1 Å². The number of benzene rings is 2. The molecule has 0 atom stereocenters. The predicted molar refractivity (Wildman–Crippen MR) is 66.6 cm³/mol. The van der Waals surface area contributed by atoms with Gasteiger partial charge in [0.2, 0.25) is 0 Å². The van der Waals surface area contributed by atoms with Crippen molar-refractivity contribution in [3.05, 3.63) is 57.8 Å². The summed E-state index contributed by atoms with van der Waals surface area (Å²) < 4.78 is 13.0. The van der Waals surface area contributed by atoms with E-state index in [9.17, 15) is 4.39 Å². The van der Waals surface area contributed by atoms with Gasteiger partial charge in [0, 0.05) is 10.6 Å². The molecule has 1 nitrogen and oxygen atoms in total. The fourth-order valence-corrected chi connectivity index (χ4v) is 1.95. The van der Waals surface area contributed by atoms with Crippen molar-refractivity contribution < 1.29 is 4.39 Å². The zero-order valence-corrected chi connectivity index (χ0v) is 10.1. The average Bonchev–Trinajstić information content (AvgIpc) is 2.32. The molecule has 0 saturated heterocycles.